The third kappa shape index (κ3) is 2.57. The van der Waals surface area contributed by atoms with Crippen molar-refractivity contribution in [1.82, 2.24) is 5.32 Å². The second-order valence-electron chi connectivity index (χ2n) is 3.26. The Morgan fingerprint density at radius 3 is 2.42 bits per heavy atom. The lowest BCUT2D eigenvalue weighted by Crippen LogP contribution is -2.32. The minimum Gasteiger partial charge on any atom is -0.477 e. The lowest BCUT2D eigenvalue weighted by atomic mass is 9.95. The molecule has 0 spiro atoms. The Morgan fingerprint density at radius 1 is 1.33 bits per heavy atom. The fourth-order valence-corrected chi connectivity index (χ4v) is 1.56. The maximum absolute atomic E-state index is 10.4. The maximum Gasteiger partial charge on any atom is 0.351 e. The van der Waals surface area contributed by atoms with Gasteiger partial charge in [0.2, 0.25) is 0 Å². The molecule has 0 atom stereocenters. The van der Waals surface area contributed by atoms with Crippen molar-refractivity contribution < 1.29 is 9.90 Å². The summed E-state index contributed by atoms with van der Waals surface area (Å²) in [5.74, 6) is -0.944. The Kier molecular flexibility index (Phi) is 3.14. The highest BCUT2D eigenvalue weighted by Gasteiger charge is 2.15. The third-order valence-electron chi connectivity index (χ3n) is 2.24. The van der Waals surface area contributed by atoms with E-state index < -0.39 is 5.97 Å². The molecule has 0 aromatic heterocycles. The van der Waals surface area contributed by atoms with Crippen LogP contribution in [0.25, 0.3) is 0 Å². The van der Waals surface area contributed by atoms with E-state index in [4.69, 9.17) is 5.11 Å². The first kappa shape index (κ1) is 9.10. The average Bonchev–Trinajstić information content (AvgIpc) is 2.06. The largest absolute Gasteiger partial charge is 0.477 e. The molecule has 0 heterocycles. The number of carboxylic acid groups (broad SMARTS) is 1. The molecule has 12 heavy (non-hydrogen) atoms. The molecule has 1 fully saturated rings. The first-order valence-corrected chi connectivity index (χ1v) is 4.39. The topological polar surface area (TPSA) is 49.3 Å². The van der Waals surface area contributed by atoms with Gasteiger partial charge in [0.15, 0.2) is 0 Å². The summed E-state index contributed by atoms with van der Waals surface area (Å²) in [6, 6.07) is 0.336. The minimum absolute atomic E-state index is 0.127. The molecule has 0 unspecified atom stereocenters. The zero-order valence-electron chi connectivity index (χ0n) is 7.18. The van der Waals surface area contributed by atoms with Crippen LogP contribution in [-0.2, 0) is 4.79 Å². The van der Waals surface area contributed by atoms with Crippen LogP contribution >= 0.6 is 0 Å². The zero-order valence-corrected chi connectivity index (χ0v) is 7.18. The predicted molar refractivity (Wildman–Crippen MR) is 46.8 cm³/mol. The molecule has 0 aromatic carbocycles. The smallest absolute Gasteiger partial charge is 0.351 e. The van der Waals surface area contributed by atoms with E-state index in [1.54, 1.807) is 0 Å². The number of aliphatic carboxylic acids is 1. The minimum atomic E-state index is -0.944. The summed E-state index contributed by atoms with van der Waals surface area (Å²) in [6.45, 7) is 3.44. The van der Waals surface area contributed by atoms with Gasteiger partial charge in [-0.2, -0.15) is 0 Å². The Balaban J connectivity index is 2.29. The number of nitrogens with one attached hydrogen (secondary N) is 1. The second-order valence-corrected chi connectivity index (χ2v) is 3.26. The normalized spacial score (nSPS) is 18.7. The Hall–Kier alpha value is -0.990. The van der Waals surface area contributed by atoms with Gasteiger partial charge in [-0.1, -0.05) is 25.8 Å². The van der Waals surface area contributed by atoms with E-state index in [-0.39, 0.29) is 5.70 Å². The van der Waals surface area contributed by atoms with Crippen molar-refractivity contribution in [2.24, 2.45) is 0 Å². The Bertz CT molecular complexity index is 183. The summed E-state index contributed by atoms with van der Waals surface area (Å²) in [6.07, 6.45) is 5.82. The van der Waals surface area contributed by atoms with E-state index in [9.17, 15) is 4.79 Å². The Labute approximate surface area is 72.5 Å². The molecule has 0 aliphatic heterocycles. The van der Waals surface area contributed by atoms with Crippen LogP contribution in [0, 0.1) is 0 Å². The molecule has 1 aliphatic rings. The quantitative estimate of drug-likeness (QED) is 0.629. The van der Waals surface area contributed by atoms with Crippen molar-refractivity contribution in [3.63, 3.8) is 0 Å². The molecule has 0 saturated heterocycles. The summed E-state index contributed by atoms with van der Waals surface area (Å²) in [5.41, 5.74) is 0.127. The van der Waals surface area contributed by atoms with Crippen molar-refractivity contribution in [3.8, 4) is 0 Å². The summed E-state index contributed by atoms with van der Waals surface area (Å²) in [4.78, 5) is 10.4. The average molecular weight is 169 g/mol. The van der Waals surface area contributed by atoms with E-state index in [0.29, 0.717) is 6.04 Å². The Morgan fingerprint density at radius 2 is 1.92 bits per heavy atom. The molecule has 1 rings (SSSR count). The molecule has 2 N–H and O–H groups in total. The summed E-state index contributed by atoms with van der Waals surface area (Å²) < 4.78 is 0. The lowest BCUT2D eigenvalue weighted by Gasteiger charge is -2.23. The van der Waals surface area contributed by atoms with Crippen molar-refractivity contribution in [2.45, 2.75) is 38.1 Å². The van der Waals surface area contributed by atoms with Crippen LogP contribution in [0.15, 0.2) is 12.3 Å². The van der Waals surface area contributed by atoms with Crippen LogP contribution in [0.2, 0.25) is 0 Å². The lowest BCUT2D eigenvalue weighted by molar-refractivity contribution is -0.133. The number of hydrogen-bond acceptors (Lipinski definition) is 2. The van der Waals surface area contributed by atoms with Crippen LogP contribution in [0.3, 0.4) is 0 Å². The molecular weight excluding hydrogens is 154 g/mol. The monoisotopic (exact) mass is 169 g/mol. The van der Waals surface area contributed by atoms with Crippen LogP contribution in [0.4, 0.5) is 0 Å². The van der Waals surface area contributed by atoms with Crippen LogP contribution in [0.1, 0.15) is 32.1 Å². The van der Waals surface area contributed by atoms with Crippen molar-refractivity contribution in [2.75, 3.05) is 0 Å². The van der Waals surface area contributed by atoms with Crippen molar-refractivity contribution in [3.05, 3.63) is 12.3 Å². The number of hydrogen-bond donors (Lipinski definition) is 2. The molecule has 0 aromatic rings. The molecule has 0 amide bonds. The van der Waals surface area contributed by atoms with Gasteiger partial charge in [0.1, 0.15) is 5.70 Å². The molecule has 3 nitrogen and oxygen atoms in total. The summed E-state index contributed by atoms with van der Waals surface area (Å²) >= 11 is 0. The van der Waals surface area contributed by atoms with Gasteiger partial charge in [-0.15, -0.1) is 0 Å². The van der Waals surface area contributed by atoms with Crippen molar-refractivity contribution >= 4 is 5.97 Å². The van der Waals surface area contributed by atoms with Crippen LogP contribution in [0.5, 0.6) is 0 Å². The number of carboxylic acids is 1. The van der Waals surface area contributed by atoms with Gasteiger partial charge in [-0.25, -0.2) is 4.79 Å². The van der Waals surface area contributed by atoms with Crippen LogP contribution in [-0.4, -0.2) is 17.1 Å². The molecule has 0 bridgehead atoms. The maximum atomic E-state index is 10.4. The fraction of sp³-hybridized carbons (Fsp3) is 0.667. The standard InChI is InChI=1S/C9H15NO2/c1-7(9(11)12)10-8-5-3-2-4-6-8/h8,10H,1-6H2,(H,11,12). The first-order chi connectivity index (χ1) is 5.70. The summed E-state index contributed by atoms with van der Waals surface area (Å²) in [5, 5.41) is 11.5. The predicted octanol–water partition coefficient (Wildman–Crippen LogP) is 1.51. The van der Waals surface area contributed by atoms with E-state index in [0.717, 1.165) is 12.8 Å². The van der Waals surface area contributed by atoms with Gasteiger partial charge in [0.25, 0.3) is 0 Å². The van der Waals surface area contributed by atoms with Gasteiger partial charge in [0, 0.05) is 6.04 Å². The van der Waals surface area contributed by atoms with Crippen molar-refractivity contribution in [1.29, 1.82) is 0 Å². The SMILES string of the molecule is C=C(NC1CCCCC1)C(=O)O. The number of rotatable bonds is 3. The first-order valence-electron chi connectivity index (χ1n) is 4.39. The van der Waals surface area contributed by atoms with E-state index in [1.807, 2.05) is 0 Å². The molecule has 68 valence electrons. The van der Waals surface area contributed by atoms with E-state index >= 15 is 0 Å². The van der Waals surface area contributed by atoms with Gasteiger partial charge >= 0.3 is 5.97 Å². The molecule has 1 aliphatic carbocycles. The highest BCUT2D eigenvalue weighted by Crippen LogP contribution is 2.17. The molecule has 0 radical (unpaired) electrons. The number of carbonyl (C=O) groups is 1. The summed E-state index contributed by atoms with van der Waals surface area (Å²) in [7, 11) is 0. The van der Waals surface area contributed by atoms with E-state index in [2.05, 4.69) is 11.9 Å². The zero-order chi connectivity index (χ0) is 8.97. The van der Waals surface area contributed by atoms with Gasteiger partial charge in [-0.05, 0) is 12.8 Å². The van der Waals surface area contributed by atoms with Crippen LogP contribution < -0.4 is 5.32 Å². The van der Waals surface area contributed by atoms with E-state index in [1.165, 1.54) is 19.3 Å². The van der Waals surface area contributed by atoms with Gasteiger partial charge < -0.3 is 10.4 Å². The molecule has 3 heteroatoms. The van der Waals surface area contributed by atoms with Gasteiger partial charge in [-0.3, -0.25) is 0 Å². The molecule has 1 saturated carbocycles. The second kappa shape index (κ2) is 4.14. The third-order valence-corrected chi connectivity index (χ3v) is 2.24. The fourth-order valence-electron chi connectivity index (χ4n) is 1.56. The van der Waals surface area contributed by atoms with Gasteiger partial charge in [0.05, 0.1) is 0 Å². The molecular formula is C9H15NO2. The highest BCUT2D eigenvalue weighted by atomic mass is 16.4. The highest BCUT2D eigenvalue weighted by molar-refractivity contribution is 5.85.